The van der Waals surface area contributed by atoms with Crippen molar-refractivity contribution < 1.29 is 29.6 Å². The number of carbonyl (C=O) groups is 2. The molecule has 0 spiro atoms. The molecule has 0 atom stereocenters. The standard InChI is InChI=1S/C13H12O6/c1-4-8(14)6-7(11(17)10(4)16)12(18)13(19-3)5(2)9(6)15/h14,16-17H,1-3H3. The van der Waals surface area contributed by atoms with E-state index in [-0.39, 0.29) is 22.5 Å². The number of methoxy groups -OCH3 is 1. The lowest BCUT2D eigenvalue weighted by atomic mass is 9.85. The molecule has 0 amide bonds. The molecule has 100 valence electrons. The molecule has 6 heteroatoms. The van der Waals surface area contributed by atoms with Gasteiger partial charge in [0.2, 0.25) is 5.78 Å². The first-order valence-electron chi connectivity index (χ1n) is 5.44. The van der Waals surface area contributed by atoms with Crippen molar-refractivity contribution in [3.63, 3.8) is 0 Å². The number of phenolic OH excluding ortho intramolecular Hbond substituents is 3. The maximum Gasteiger partial charge on any atom is 0.232 e. The number of hydrogen-bond donors (Lipinski definition) is 3. The minimum atomic E-state index is -0.752. The van der Waals surface area contributed by atoms with Gasteiger partial charge in [0.25, 0.3) is 0 Å². The summed E-state index contributed by atoms with van der Waals surface area (Å²) in [7, 11) is 1.22. The Morgan fingerprint density at radius 1 is 0.842 bits per heavy atom. The molecule has 0 saturated carbocycles. The minimum absolute atomic E-state index is 0.0415. The van der Waals surface area contributed by atoms with Crippen molar-refractivity contribution in [2.45, 2.75) is 13.8 Å². The van der Waals surface area contributed by atoms with E-state index in [2.05, 4.69) is 0 Å². The van der Waals surface area contributed by atoms with Crippen molar-refractivity contribution in [2.75, 3.05) is 7.11 Å². The molecule has 3 N–H and O–H groups in total. The molecule has 0 heterocycles. The van der Waals surface area contributed by atoms with Gasteiger partial charge in [0.05, 0.1) is 18.2 Å². The quantitative estimate of drug-likeness (QED) is 0.523. The monoisotopic (exact) mass is 264 g/mol. The normalized spacial score (nSPS) is 14.7. The van der Waals surface area contributed by atoms with Gasteiger partial charge in [0, 0.05) is 11.1 Å². The molecule has 1 aliphatic carbocycles. The topological polar surface area (TPSA) is 104 Å². The number of allylic oxidation sites excluding steroid dienone is 2. The van der Waals surface area contributed by atoms with Gasteiger partial charge in [-0.05, 0) is 13.8 Å². The number of carbonyl (C=O) groups excluding carboxylic acids is 2. The summed E-state index contributed by atoms with van der Waals surface area (Å²) in [4.78, 5) is 24.2. The Balaban J connectivity index is 2.92. The highest BCUT2D eigenvalue weighted by atomic mass is 16.5. The number of hydrogen-bond acceptors (Lipinski definition) is 6. The molecule has 0 unspecified atom stereocenters. The Labute approximate surface area is 108 Å². The largest absolute Gasteiger partial charge is 0.507 e. The minimum Gasteiger partial charge on any atom is -0.507 e. The van der Waals surface area contributed by atoms with E-state index < -0.39 is 34.4 Å². The lowest BCUT2D eigenvalue weighted by molar-refractivity contribution is 0.0900. The molecule has 1 aromatic rings. The van der Waals surface area contributed by atoms with Crippen LogP contribution in [0.4, 0.5) is 0 Å². The first kappa shape index (κ1) is 12.9. The van der Waals surface area contributed by atoms with E-state index in [1.54, 1.807) is 0 Å². The van der Waals surface area contributed by atoms with Gasteiger partial charge in [0.1, 0.15) is 5.75 Å². The highest BCUT2D eigenvalue weighted by Gasteiger charge is 2.38. The van der Waals surface area contributed by atoms with E-state index in [1.165, 1.54) is 21.0 Å². The zero-order chi connectivity index (χ0) is 14.5. The second-order valence-corrected chi connectivity index (χ2v) is 4.24. The summed E-state index contributed by atoms with van der Waals surface area (Å²) in [6.07, 6.45) is 0. The second-order valence-electron chi connectivity index (χ2n) is 4.24. The number of rotatable bonds is 1. The summed E-state index contributed by atoms with van der Waals surface area (Å²) in [6, 6.07) is 0. The molecule has 0 fully saturated rings. The Bertz CT molecular complexity index is 654. The molecule has 0 radical (unpaired) electrons. The van der Waals surface area contributed by atoms with Gasteiger partial charge in [-0.15, -0.1) is 0 Å². The molecule has 0 saturated heterocycles. The average molecular weight is 264 g/mol. The number of phenols is 3. The van der Waals surface area contributed by atoms with E-state index in [9.17, 15) is 24.9 Å². The highest BCUT2D eigenvalue weighted by molar-refractivity contribution is 6.28. The number of benzene rings is 1. The summed E-state index contributed by atoms with van der Waals surface area (Å²) < 4.78 is 4.84. The van der Waals surface area contributed by atoms with Crippen LogP contribution in [0, 0.1) is 6.92 Å². The Kier molecular flexibility index (Phi) is 2.73. The summed E-state index contributed by atoms with van der Waals surface area (Å²) >= 11 is 0. The number of ketones is 2. The number of fused-ring (bicyclic) bond motifs is 1. The molecular formula is C13H12O6. The molecule has 0 bridgehead atoms. The van der Waals surface area contributed by atoms with Crippen LogP contribution in [-0.2, 0) is 4.74 Å². The van der Waals surface area contributed by atoms with Crippen molar-refractivity contribution in [2.24, 2.45) is 0 Å². The zero-order valence-electron chi connectivity index (χ0n) is 10.6. The van der Waals surface area contributed by atoms with Crippen molar-refractivity contribution in [3.8, 4) is 17.2 Å². The van der Waals surface area contributed by atoms with Gasteiger partial charge in [-0.3, -0.25) is 9.59 Å². The fourth-order valence-electron chi connectivity index (χ4n) is 2.09. The SMILES string of the molecule is COC1=C(C)C(=O)c2c(O)c(C)c(O)c(O)c2C1=O. The van der Waals surface area contributed by atoms with Crippen molar-refractivity contribution in [1.29, 1.82) is 0 Å². The first-order valence-corrected chi connectivity index (χ1v) is 5.44. The molecule has 0 aliphatic heterocycles. The van der Waals surface area contributed by atoms with Crippen LogP contribution in [-0.4, -0.2) is 34.0 Å². The lowest BCUT2D eigenvalue weighted by Gasteiger charge is -2.21. The van der Waals surface area contributed by atoms with E-state index in [1.807, 2.05) is 0 Å². The van der Waals surface area contributed by atoms with Gasteiger partial charge in [-0.25, -0.2) is 0 Å². The van der Waals surface area contributed by atoms with Crippen LogP contribution in [0.3, 0.4) is 0 Å². The van der Waals surface area contributed by atoms with Crippen LogP contribution in [0.25, 0.3) is 0 Å². The van der Waals surface area contributed by atoms with Gasteiger partial charge in [-0.1, -0.05) is 0 Å². The van der Waals surface area contributed by atoms with Crippen molar-refractivity contribution in [1.82, 2.24) is 0 Å². The molecular weight excluding hydrogens is 252 g/mol. The maximum atomic E-state index is 12.1. The molecule has 2 rings (SSSR count). The lowest BCUT2D eigenvalue weighted by Crippen LogP contribution is -2.22. The van der Waals surface area contributed by atoms with Crippen molar-refractivity contribution >= 4 is 11.6 Å². The molecule has 1 aliphatic rings. The fraction of sp³-hybridized carbons (Fsp3) is 0.231. The third-order valence-corrected chi connectivity index (χ3v) is 3.20. The maximum absolute atomic E-state index is 12.1. The van der Waals surface area contributed by atoms with Gasteiger partial charge >= 0.3 is 0 Å². The molecule has 19 heavy (non-hydrogen) atoms. The number of Topliss-reactive ketones (excluding diaryl/α,β-unsaturated/α-hetero) is 2. The number of aromatic hydroxyl groups is 3. The van der Waals surface area contributed by atoms with E-state index in [4.69, 9.17) is 4.74 Å². The van der Waals surface area contributed by atoms with E-state index >= 15 is 0 Å². The van der Waals surface area contributed by atoms with Crippen LogP contribution in [0.15, 0.2) is 11.3 Å². The van der Waals surface area contributed by atoms with Crippen LogP contribution in [0.5, 0.6) is 17.2 Å². The first-order chi connectivity index (χ1) is 8.82. The average Bonchev–Trinajstić information content (AvgIpc) is 2.38. The highest BCUT2D eigenvalue weighted by Crippen LogP contribution is 2.45. The van der Waals surface area contributed by atoms with E-state index in [0.717, 1.165) is 0 Å². The summed E-state index contributed by atoms with van der Waals surface area (Å²) in [6.45, 7) is 2.72. The van der Waals surface area contributed by atoms with Crippen LogP contribution in [0.2, 0.25) is 0 Å². The summed E-state index contributed by atoms with van der Waals surface area (Å²) in [5.74, 6) is -3.47. The van der Waals surface area contributed by atoms with Gasteiger partial charge in [-0.2, -0.15) is 0 Å². The zero-order valence-corrected chi connectivity index (χ0v) is 10.6. The summed E-state index contributed by atoms with van der Waals surface area (Å²) in [5.41, 5.74) is -0.769. The van der Waals surface area contributed by atoms with Gasteiger partial charge < -0.3 is 20.1 Å². The van der Waals surface area contributed by atoms with Crippen LogP contribution >= 0.6 is 0 Å². The molecule has 0 aromatic heterocycles. The third-order valence-electron chi connectivity index (χ3n) is 3.20. The Morgan fingerprint density at radius 2 is 1.37 bits per heavy atom. The number of ether oxygens (including phenoxy) is 1. The van der Waals surface area contributed by atoms with E-state index in [0.29, 0.717) is 0 Å². The van der Waals surface area contributed by atoms with Crippen LogP contribution in [0.1, 0.15) is 33.2 Å². The van der Waals surface area contributed by atoms with Gasteiger partial charge in [0.15, 0.2) is 23.0 Å². The van der Waals surface area contributed by atoms with Crippen LogP contribution < -0.4 is 0 Å². The smallest absolute Gasteiger partial charge is 0.232 e. The Hall–Kier alpha value is -2.50. The second kappa shape index (κ2) is 4.01. The third kappa shape index (κ3) is 1.49. The molecule has 1 aromatic carbocycles. The summed E-state index contributed by atoms with van der Waals surface area (Å²) in [5, 5.41) is 29.4. The Morgan fingerprint density at radius 3 is 1.89 bits per heavy atom. The van der Waals surface area contributed by atoms with Crippen molar-refractivity contribution in [3.05, 3.63) is 28.0 Å². The predicted molar refractivity (Wildman–Crippen MR) is 64.5 cm³/mol. The molecule has 6 nitrogen and oxygen atoms in total. The fourth-order valence-corrected chi connectivity index (χ4v) is 2.09. The predicted octanol–water partition coefficient (Wildman–Crippen LogP) is 1.41.